The Morgan fingerprint density at radius 2 is 1.52 bits per heavy atom. The number of rotatable bonds is 6. The van der Waals surface area contributed by atoms with Crippen molar-refractivity contribution >= 4 is 46.2 Å². The van der Waals surface area contributed by atoms with Gasteiger partial charge in [-0.05, 0) is 60.3 Å². The van der Waals surface area contributed by atoms with Gasteiger partial charge in [-0.2, -0.15) is 0 Å². The van der Waals surface area contributed by atoms with Crippen molar-refractivity contribution in [3.05, 3.63) is 63.6 Å². The fourth-order valence-electron chi connectivity index (χ4n) is 2.67. The van der Waals surface area contributed by atoms with Crippen LogP contribution in [0.2, 0.25) is 10.0 Å². The zero-order valence-corrected chi connectivity index (χ0v) is 17.1. The maximum Gasteiger partial charge on any atom is 0.171 e. The third-order valence-corrected chi connectivity index (χ3v) is 5.01. The summed E-state index contributed by atoms with van der Waals surface area (Å²) in [5.41, 5.74) is 3.37. The number of nitrogens with one attached hydrogen (secondary N) is 2. The van der Waals surface area contributed by atoms with Crippen molar-refractivity contribution in [2.75, 3.05) is 5.32 Å². The molecule has 0 aromatic heterocycles. The molecule has 2 rings (SSSR count). The molecule has 0 aliphatic carbocycles. The van der Waals surface area contributed by atoms with Crippen LogP contribution in [0.4, 0.5) is 5.69 Å². The first-order valence-electron chi connectivity index (χ1n) is 8.56. The Bertz CT molecular complexity index is 696. The van der Waals surface area contributed by atoms with Gasteiger partial charge in [0.05, 0.1) is 6.04 Å². The average molecular weight is 395 g/mol. The molecule has 0 aliphatic heterocycles. The SMILES string of the molecule is CCC(C)c1ccc(C(CC)NC(=S)Nc2cc(Cl)cc(Cl)c2)cc1. The summed E-state index contributed by atoms with van der Waals surface area (Å²) < 4.78 is 0. The van der Waals surface area contributed by atoms with Crippen molar-refractivity contribution in [3.63, 3.8) is 0 Å². The lowest BCUT2D eigenvalue weighted by Crippen LogP contribution is -2.32. The highest BCUT2D eigenvalue weighted by Gasteiger charge is 2.12. The molecule has 0 aliphatic rings. The lowest BCUT2D eigenvalue weighted by Gasteiger charge is -2.21. The topological polar surface area (TPSA) is 24.1 Å². The molecular weight excluding hydrogens is 371 g/mol. The lowest BCUT2D eigenvalue weighted by atomic mass is 9.95. The van der Waals surface area contributed by atoms with E-state index in [0.717, 1.165) is 18.5 Å². The molecule has 2 atom stereocenters. The molecule has 0 amide bonds. The highest BCUT2D eigenvalue weighted by molar-refractivity contribution is 7.80. The van der Waals surface area contributed by atoms with E-state index in [-0.39, 0.29) is 6.04 Å². The summed E-state index contributed by atoms with van der Waals surface area (Å²) >= 11 is 17.5. The smallest absolute Gasteiger partial charge is 0.171 e. The minimum Gasteiger partial charge on any atom is -0.356 e. The Hall–Kier alpha value is -1.29. The Balaban J connectivity index is 2.04. The predicted molar refractivity (Wildman–Crippen MR) is 114 cm³/mol. The van der Waals surface area contributed by atoms with Crippen molar-refractivity contribution in [1.29, 1.82) is 0 Å². The molecule has 0 heterocycles. The summed E-state index contributed by atoms with van der Waals surface area (Å²) in [6.45, 7) is 6.60. The molecule has 2 unspecified atom stereocenters. The van der Waals surface area contributed by atoms with Gasteiger partial charge in [0.1, 0.15) is 0 Å². The van der Waals surface area contributed by atoms with E-state index in [9.17, 15) is 0 Å². The van der Waals surface area contributed by atoms with E-state index < -0.39 is 0 Å². The van der Waals surface area contributed by atoms with E-state index in [1.807, 2.05) is 0 Å². The van der Waals surface area contributed by atoms with Crippen LogP contribution in [0, 0.1) is 0 Å². The lowest BCUT2D eigenvalue weighted by molar-refractivity contribution is 0.628. The van der Waals surface area contributed by atoms with Gasteiger partial charge in [-0.3, -0.25) is 0 Å². The van der Waals surface area contributed by atoms with Gasteiger partial charge >= 0.3 is 0 Å². The maximum absolute atomic E-state index is 6.03. The van der Waals surface area contributed by atoms with Crippen LogP contribution >= 0.6 is 35.4 Å². The van der Waals surface area contributed by atoms with Crippen LogP contribution < -0.4 is 10.6 Å². The molecule has 134 valence electrons. The second kappa shape index (κ2) is 9.42. The van der Waals surface area contributed by atoms with Gasteiger partial charge in [0, 0.05) is 15.7 Å². The Kier molecular flexibility index (Phi) is 7.55. The molecule has 0 bridgehead atoms. The molecule has 0 spiro atoms. The maximum atomic E-state index is 6.03. The van der Waals surface area contributed by atoms with Crippen molar-refractivity contribution < 1.29 is 0 Å². The van der Waals surface area contributed by atoms with Crippen LogP contribution in [0.5, 0.6) is 0 Å². The van der Waals surface area contributed by atoms with Crippen molar-refractivity contribution in [1.82, 2.24) is 5.32 Å². The van der Waals surface area contributed by atoms with E-state index in [1.54, 1.807) is 18.2 Å². The quantitative estimate of drug-likeness (QED) is 0.518. The van der Waals surface area contributed by atoms with Crippen LogP contribution in [0.15, 0.2) is 42.5 Å². The zero-order valence-electron chi connectivity index (χ0n) is 14.8. The Labute approximate surface area is 165 Å². The van der Waals surface area contributed by atoms with Crippen LogP contribution in [0.25, 0.3) is 0 Å². The van der Waals surface area contributed by atoms with Crippen molar-refractivity contribution in [2.24, 2.45) is 0 Å². The van der Waals surface area contributed by atoms with E-state index in [4.69, 9.17) is 35.4 Å². The average Bonchev–Trinajstić information content (AvgIpc) is 2.58. The predicted octanol–water partition coefficient (Wildman–Crippen LogP) is 6.94. The van der Waals surface area contributed by atoms with Gasteiger partial charge < -0.3 is 10.6 Å². The Morgan fingerprint density at radius 3 is 2.04 bits per heavy atom. The molecule has 25 heavy (non-hydrogen) atoms. The second-order valence-electron chi connectivity index (χ2n) is 6.19. The third-order valence-electron chi connectivity index (χ3n) is 4.35. The number of thiocarbonyl (C=S) groups is 1. The molecule has 0 fully saturated rings. The minimum absolute atomic E-state index is 0.153. The summed E-state index contributed by atoms with van der Waals surface area (Å²) in [6, 6.07) is 14.2. The molecular formula is C20H24Cl2N2S. The van der Waals surface area contributed by atoms with Crippen LogP contribution in [-0.2, 0) is 0 Å². The van der Waals surface area contributed by atoms with Crippen LogP contribution in [-0.4, -0.2) is 5.11 Å². The summed E-state index contributed by atoms with van der Waals surface area (Å²) in [5, 5.41) is 8.22. The van der Waals surface area contributed by atoms with Crippen molar-refractivity contribution in [3.8, 4) is 0 Å². The number of benzene rings is 2. The highest BCUT2D eigenvalue weighted by atomic mass is 35.5. The molecule has 2 N–H and O–H groups in total. The number of hydrogen-bond donors (Lipinski definition) is 2. The van der Waals surface area contributed by atoms with Gasteiger partial charge in [-0.1, -0.05) is 68.2 Å². The van der Waals surface area contributed by atoms with Crippen LogP contribution in [0.3, 0.4) is 0 Å². The molecule has 5 heteroatoms. The summed E-state index contributed by atoms with van der Waals surface area (Å²) in [5.74, 6) is 0.581. The van der Waals surface area contributed by atoms with E-state index in [1.165, 1.54) is 11.1 Å². The van der Waals surface area contributed by atoms with Gasteiger partial charge in [-0.25, -0.2) is 0 Å². The van der Waals surface area contributed by atoms with E-state index in [2.05, 4.69) is 55.7 Å². The number of hydrogen-bond acceptors (Lipinski definition) is 1. The largest absolute Gasteiger partial charge is 0.356 e. The van der Waals surface area contributed by atoms with Gasteiger partial charge in [0.25, 0.3) is 0 Å². The monoisotopic (exact) mass is 394 g/mol. The molecule has 0 saturated carbocycles. The number of anilines is 1. The van der Waals surface area contributed by atoms with Gasteiger partial charge in [0.2, 0.25) is 0 Å². The fourth-order valence-corrected chi connectivity index (χ4v) is 3.45. The Morgan fingerprint density at radius 1 is 0.960 bits per heavy atom. The first-order valence-corrected chi connectivity index (χ1v) is 9.72. The third kappa shape index (κ3) is 5.88. The van der Waals surface area contributed by atoms with Crippen LogP contribution in [0.1, 0.15) is 56.7 Å². The zero-order chi connectivity index (χ0) is 18.4. The van der Waals surface area contributed by atoms with Gasteiger partial charge in [-0.15, -0.1) is 0 Å². The summed E-state index contributed by atoms with van der Waals surface area (Å²) in [7, 11) is 0. The first-order chi connectivity index (χ1) is 11.9. The normalized spacial score (nSPS) is 13.2. The fraction of sp³-hybridized carbons (Fsp3) is 0.350. The van der Waals surface area contributed by atoms with Crippen molar-refractivity contribution in [2.45, 2.75) is 45.6 Å². The minimum atomic E-state index is 0.153. The molecule has 2 aromatic rings. The number of halogens is 2. The second-order valence-corrected chi connectivity index (χ2v) is 7.47. The molecule has 0 saturated heterocycles. The summed E-state index contributed by atoms with van der Waals surface area (Å²) in [6.07, 6.45) is 2.08. The molecule has 2 nitrogen and oxygen atoms in total. The molecule has 0 radical (unpaired) electrons. The van der Waals surface area contributed by atoms with E-state index in [0.29, 0.717) is 21.1 Å². The first kappa shape index (κ1) is 20.0. The summed E-state index contributed by atoms with van der Waals surface area (Å²) in [4.78, 5) is 0. The highest BCUT2D eigenvalue weighted by Crippen LogP contribution is 2.24. The molecule has 2 aromatic carbocycles. The van der Waals surface area contributed by atoms with Gasteiger partial charge in [0.15, 0.2) is 5.11 Å². The standard InChI is InChI=1S/C20H24Cl2N2S/c1-4-13(3)14-6-8-15(9-7-14)19(5-2)24-20(25)23-18-11-16(21)10-17(22)12-18/h6-13,19H,4-5H2,1-3H3,(H2,23,24,25). The van der Waals surface area contributed by atoms with E-state index >= 15 is 0 Å².